The Kier molecular flexibility index (Phi) is 5.71. The van der Waals surface area contributed by atoms with Crippen LogP contribution in [-0.2, 0) is 11.3 Å². The molecule has 1 aromatic carbocycles. The van der Waals surface area contributed by atoms with Crippen LogP contribution in [0.25, 0.3) is 0 Å². The van der Waals surface area contributed by atoms with E-state index in [1.165, 1.54) is 5.56 Å². The smallest absolute Gasteiger partial charge is 0.227 e. The van der Waals surface area contributed by atoms with Crippen LogP contribution in [0.2, 0.25) is 0 Å². The monoisotopic (exact) mass is 353 g/mol. The number of hydrogen-bond donors (Lipinski definition) is 0. The molecule has 0 unspecified atom stereocenters. The quantitative estimate of drug-likeness (QED) is 0.827. The summed E-state index contributed by atoms with van der Waals surface area (Å²) in [5, 5.41) is 0. The third kappa shape index (κ3) is 4.31. The number of carbonyl (C=O) groups is 1. The third-order valence-corrected chi connectivity index (χ3v) is 4.75. The zero-order valence-corrected chi connectivity index (χ0v) is 15.8. The molecular formula is C20H27N5O. The van der Waals surface area contributed by atoms with Gasteiger partial charge in [-0.25, -0.2) is 4.98 Å². The van der Waals surface area contributed by atoms with E-state index in [4.69, 9.17) is 4.98 Å². The van der Waals surface area contributed by atoms with Crippen molar-refractivity contribution in [2.45, 2.75) is 33.4 Å². The molecule has 6 heteroatoms. The summed E-state index contributed by atoms with van der Waals surface area (Å²) in [6.45, 7) is 9.77. The van der Waals surface area contributed by atoms with Gasteiger partial charge in [-0.2, -0.15) is 4.98 Å². The molecule has 0 bridgehead atoms. The molecule has 1 saturated heterocycles. The first-order valence-corrected chi connectivity index (χ1v) is 9.18. The Bertz CT molecular complexity index is 726. The molecule has 1 fully saturated rings. The van der Waals surface area contributed by atoms with Crippen LogP contribution in [0.15, 0.2) is 42.6 Å². The first-order valence-electron chi connectivity index (χ1n) is 9.18. The third-order valence-electron chi connectivity index (χ3n) is 4.75. The Morgan fingerprint density at radius 3 is 2.42 bits per heavy atom. The SMILES string of the molecule is CC(=O)N1CCN(c2nccc(N(Cc3ccccc3)C(C)C)n2)CC1. The maximum Gasteiger partial charge on any atom is 0.227 e. The molecule has 1 aliphatic heterocycles. The highest BCUT2D eigenvalue weighted by atomic mass is 16.2. The molecule has 1 aliphatic rings. The van der Waals surface area contributed by atoms with Crippen molar-refractivity contribution in [2.24, 2.45) is 0 Å². The van der Waals surface area contributed by atoms with Crippen LogP contribution in [0.5, 0.6) is 0 Å². The predicted molar refractivity (Wildman–Crippen MR) is 104 cm³/mol. The molecule has 0 N–H and O–H groups in total. The highest BCUT2D eigenvalue weighted by Gasteiger charge is 2.21. The predicted octanol–water partition coefficient (Wildman–Crippen LogP) is 2.56. The molecule has 138 valence electrons. The molecule has 0 spiro atoms. The van der Waals surface area contributed by atoms with Crippen LogP contribution in [0.1, 0.15) is 26.3 Å². The Hall–Kier alpha value is -2.63. The lowest BCUT2D eigenvalue weighted by Gasteiger charge is -2.35. The summed E-state index contributed by atoms with van der Waals surface area (Å²) in [6, 6.07) is 12.7. The zero-order chi connectivity index (χ0) is 18.5. The lowest BCUT2D eigenvalue weighted by atomic mass is 10.2. The topological polar surface area (TPSA) is 52.6 Å². The minimum Gasteiger partial charge on any atom is -0.350 e. The molecule has 1 aromatic heterocycles. The number of rotatable bonds is 5. The largest absolute Gasteiger partial charge is 0.350 e. The van der Waals surface area contributed by atoms with E-state index < -0.39 is 0 Å². The van der Waals surface area contributed by atoms with Gasteiger partial charge in [-0.15, -0.1) is 0 Å². The van der Waals surface area contributed by atoms with Crippen LogP contribution < -0.4 is 9.80 Å². The summed E-state index contributed by atoms with van der Waals surface area (Å²) in [6.07, 6.45) is 1.83. The normalized spacial score (nSPS) is 14.6. The van der Waals surface area contributed by atoms with Gasteiger partial charge >= 0.3 is 0 Å². The van der Waals surface area contributed by atoms with Crippen molar-refractivity contribution < 1.29 is 4.79 Å². The van der Waals surface area contributed by atoms with Crippen molar-refractivity contribution in [3.63, 3.8) is 0 Å². The van der Waals surface area contributed by atoms with Gasteiger partial charge in [0.15, 0.2) is 0 Å². The number of hydrogen-bond acceptors (Lipinski definition) is 5. The van der Waals surface area contributed by atoms with Gasteiger partial charge in [-0.05, 0) is 25.5 Å². The summed E-state index contributed by atoms with van der Waals surface area (Å²) in [5.41, 5.74) is 1.26. The molecule has 6 nitrogen and oxygen atoms in total. The summed E-state index contributed by atoms with van der Waals surface area (Å²) >= 11 is 0. The fraction of sp³-hybridized carbons (Fsp3) is 0.450. The Morgan fingerprint density at radius 2 is 1.81 bits per heavy atom. The fourth-order valence-corrected chi connectivity index (χ4v) is 3.18. The average Bonchev–Trinajstić information content (AvgIpc) is 2.67. The second kappa shape index (κ2) is 8.17. The Balaban J connectivity index is 1.75. The minimum atomic E-state index is 0.133. The van der Waals surface area contributed by atoms with Gasteiger partial charge in [0.2, 0.25) is 11.9 Å². The van der Waals surface area contributed by atoms with E-state index in [9.17, 15) is 4.79 Å². The van der Waals surface area contributed by atoms with Gasteiger partial charge in [-0.1, -0.05) is 30.3 Å². The van der Waals surface area contributed by atoms with E-state index in [0.717, 1.165) is 44.5 Å². The molecule has 1 amide bonds. The van der Waals surface area contributed by atoms with Crippen molar-refractivity contribution in [2.75, 3.05) is 36.0 Å². The molecule has 0 radical (unpaired) electrons. The Labute approximate surface area is 155 Å². The number of aromatic nitrogens is 2. The molecule has 3 rings (SSSR count). The lowest BCUT2D eigenvalue weighted by molar-refractivity contribution is -0.129. The molecule has 0 aliphatic carbocycles. The van der Waals surface area contributed by atoms with E-state index in [2.05, 4.69) is 52.9 Å². The number of benzene rings is 1. The van der Waals surface area contributed by atoms with E-state index in [-0.39, 0.29) is 5.91 Å². The number of amides is 1. The second-order valence-electron chi connectivity index (χ2n) is 6.92. The van der Waals surface area contributed by atoms with E-state index in [1.54, 1.807) is 6.92 Å². The molecule has 0 atom stereocenters. The highest BCUT2D eigenvalue weighted by molar-refractivity contribution is 5.73. The van der Waals surface area contributed by atoms with Gasteiger partial charge in [0.05, 0.1) is 0 Å². The van der Waals surface area contributed by atoms with Gasteiger partial charge in [0.1, 0.15) is 5.82 Å². The zero-order valence-electron chi connectivity index (χ0n) is 15.8. The number of piperazine rings is 1. The fourth-order valence-electron chi connectivity index (χ4n) is 3.18. The maximum atomic E-state index is 11.5. The van der Waals surface area contributed by atoms with Crippen molar-refractivity contribution >= 4 is 17.7 Å². The van der Waals surface area contributed by atoms with Crippen molar-refractivity contribution in [1.29, 1.82) is 0 Å². The molecule has 0 saturated carbocycles. The molecule has 2 aromatic rings. The first kappa shape index (κ1) is 18.2. The van der Waals surface area contributed by atoms with Crippen LogP contribution in [0.4, 0.5) is 11.8 Å². The van der Waals surface area contributed by atoms with Crippen LogP contribution in [0, 0.1) is 0 Å². The Morgan fingerprint density at radius 1 is 1.12 bits per heavy atom. The summed E-state index contributed by atoms with van der Waals surface area (Å²) < 4.78 is 0. The number of anilines is 2. The maximum absolute atomic E-state index is 11.5. The molecule has 2 heterocycles. The van der Waals surface area contributed by atoms with Gasteiger partial charge in [0, 0.05) is 51.9 Å². The molecule has 26 heavy (non-hydrogen) atoms. The van der Waals surface area contributed by atoms with Crippen molar-refractivity contribution in [3.05, 3.63) is 48.2 Å². The van der Waals surface area contributed by atoms with Gasteiger partial charge in [0.25, 0.3) is 0 Å². The number of nitrogens with zero attached hydrogens (tertiary/aromatic N) is 5. The molecular weight excluding hydrogens is 326 g/mol. The number of carbonyl (C=O) groups excluding carboxylic acids is 1. The summed E-state index contributed by atoms with van der Waals surface area (Å²) in [7, 11) is 0. The first-order chi connectivity index (χ1) is 12.5. The standard InChI is InChI=1S/C20H27N5O/c1-16(2)25(15-18-7-5-4-6-8-18)19-9-10-21-20(22-19)24-13-11-23(12-14-24)17(3)26/h4-10,16H,11-15H2,1-3H3. The minimum absolute atomic E-state index is 0.133. The van der Waals surface area contributed by atoms with Crippen molar-refractivity contribution in [1.82, 2.24) is 14.9 Å². The van der Waals surface area contributed by atoms with Gasteiger partial charge in [-0.3, -0.25) is 4.79 Å². The van der Waals surface area contributed by atoms with E-state index in [1.807, 2.05) is 23.2 Å². The van der Waals surface area contributed by atoms with Crippen molar-refractivity contribution in [3.8, 4) is 0 Å². The summed E-state index contributed by atoms with van der Waals surface area (Å²) in [5.74, 6) is 1.81. The van der Waals surface area contributed by atoms with E-state index in [0.29, 0.717) is 6.04 Å². The van der Waals surface area contributed by atoms with Gasteiger partial charge < -0.3 is 14.7 Å². The highest BCUT2D eigenvalue weighted by Crippen LogP contribution is 2.20. The van der Waals surface area contributed by atoms with Crippen LogP contribution in [-0.4, -0.2) is 53.0 Å². The second-order valence-corrected chi connectivity index (χ2v) is 6.92. The van der Waals surface area contributed by atoms with Crippen LogP contribution >= 0.6 is 0 Å². The summed E-state index contributed by atoms with van der Waals surface area (Å²) in [4.78, 5) is 27.1. The van der Waals surface area contributed by atoms with E-state index >= 15 is 0 Å². The van der Waals surface area contributed by atoms with Crippen LogP contribution in [0.3, 0.4) is 0 Å². The lowest BCUT2D eigenvalue weighted by Crippen LogP contribution is -2.48. The average molecular weight is 353 g/mol.